The van der Waals surface area contributed by atoms with Crippen molar-refractivity contribution in [3.8, 4) is 11.4 Å². The molecule has 4 nitrogen and oxygen atoms in total. The van der Waals surface area contributed by atoms with E-state index in [4.69, 9.17) is 5.11 Å². The van der Waals surface area contributed by atoms with Crippen molar-refractivity contribution in [3.63, 3.8) is 0 Å². The van der Waals surface area contributed by atoms with Crippen molar-refractivity contribution < 1.29 is 14.3 Å². The minimum absolute atomic E-state index is 0.280. The zero-order chi connectivity index (χ0) is 16.5. The predicted molar refractivity (Wildman–Crippen MR) is 86.3 cm³/mol. The highest BCUT2D eigenvalue weighted by molar-refractivity contribution is 5.86. The first-order chi connectivity index (χ1) is 10.8. The molecule has 0 radical (unpaired) electrons. The average molecular weight is 300 g/mol. The van der Waals surface area contributed by atoms with E-state index < -0.39 is 0 Å². The van der Waals surface area contributed by atoms with Crippen molar-refractivity contribution in [2.75, 3.05) is 7.11 Å². The molecule has 5 heteroatoms. The maximum Gasteiger partial charge on any atom is 0.150 e. The van der Waals surface area contributed by atoms with Gasteiger partial charge in [0.15, 0.2) is 0 Å². The standard InChI is InChI=1S/C14H9FN2O.C2H4.CH4O/c15-11-4-2-10(3-5-11)14-16-12-6-1-9(8-18)7-13(12)17-14;2*1-2/h1-8H,(H,16,17);1-2H2;2H,1H3. The van der Waals surface area contributed by atoms with Gasteiger partial charge in [-0.05, 0) is 42.5 Å². The number of aromatic amines is 1. The maximum absolute atomic E-state index is 12.8. The number of aliphatic hydroxyl groups excluding tert-OH is 1. The van der Waals surface area contributed by atoms with Gasteiger partial charge < -0.3 is 10.1 Å². The number of aldehydes is 1. The number of fused-ring (bicyclic) bond motifs is 1. The molecule has 0 amide bonds. The third kappa shape index (κ3) is 3.86. The van der Waals surface area contributed by atoms with Gasteiger partial charge in [0, 0.05) is 18.2 Å². The van der Waals surface area contributed by atoms with E-state index in [-0.39, 0.29) is 5.82 Å². The van der Waals surface area contributed by atoms with Gasteiger partial charge in [0.2, 0.25) is 0 Å². The number of aliphatic hydroxyl groups is 1. The predicted octanol–water partition coefficient (Wildman–Crippen LogP) is 3.59. The molecule has 0 unspecified atom stereocenters. The van der Waals surface area contributed by atoms with Crippen molar-refractivity contribution in [3.05, 3.63) is 67.0 Å². The number of carbonyl (C=O) groups excluding carboxylic acids is 1. The third-order valence-corrected chi connectivity index (χ3v) is 2.76. The Morgan fingerprint density at radius 2 is 1.77 bits per heavy atom. The van der Waals surface area contributed by atoms with Crippen LogP contribution in [0.2, 0.25) is 0 Å². The number of rotatable bonds is 2. The van der Waals surface area contributed by atoms with Gasteiger partial charge in [-0.1, -0.05) is 0 Å². The van der Waals surface area contributed by atoms with Crippen LogP contribution in [0.3, 0.4) is 0 Å². The van der Waals surface area contributed by atoms with Crippen LogP contribution >= 0.6 is 0 Å². The van der Waals surface area contributed by atoms with Crippen molar-refractivity contribution in [1.82, 2.24) is 9.97 Å². The molecule has 0 bridgehead atoms. The summed E-state index contributed by atoms with van der Waals surface area (Å²) in [5, 5.41) is 7.00. The topological polar surface area (TPSA) is 66.0 Å². The van der Waals surface area contributed by atoms with E-state index in [2.05, 4.69) is 23.1 Å². The van der Waals surface area contributed by atoms with Crippen molar-refractivity contribution in [2.24, 2.45) is 0 Å². The Kier molecular flexibility index (Phi) is 6.66. The van der Waals surface area contributed by atoms with Crippen LogP contribution in [0.1, 0.15) is 10.4 Å². The monoisotopic (exact) mass is 300 g/mol. The number of carbonyl (C=O) groups is 1. The highest BCUT2D eigenvalue weighted by atomic mass is 19.1. The maximum atomic E-state index is 12.8. The van der Waals surface area contributed by atoms with Crippen LogP contribution in [0.5, 0.6) is 0 Å². The molecule has 1 heterocycles. The Morgan fingerprint density at radius 1 is 1.14 bits per heavy atom. The summed E-state index contributed by atoms with van der Waals surface area (Å²) in [4.78, 5) is 18.2. The Hall–Kier alpha value is -2.79. The van der Waals surface area contributed by atoms with Crippen molar-refractivity contribution in [2.45, 2.75) is 0 Å². The Bertz CT molecular complexity index is 736. The molecule has 0 aliphatic carbocycles. The number of hydrogen-bond acceptors (Lipinski definition) is 3. The molecular weight excluding hydrogens is 283 g/mol. The van der Waals surface area contributed by atoms with Crippen LogP contribution in [-0.2, 0) is 0 Å². The van der Waals surface area contributed by atoms with Crippen LogP contribution in [0.4, 0.5) is 4.39 Å². The second-order valence-electron chi connectivity index (χ2n) is 3.99. The summed E-state index contributed by atoms with van der Waals surface area (Å²) in [6.07, 6.45) is 0.790. The number of nitrogens with zero attached hydrogens (tertiary/aromatic N) is 1. The van der Waals surface area contributed by atoms with E-state index in [0.29, 0.717) is 11.4 Å². The smallest absolute Gasteiger partial charge is 0.150 e. The molecule has 0 saturated heterocycles. The van der Waals surface area contributed by atoms with Crippen molar-refractivity contribution >= 4 is 17.3 Å². The number of halogens is 1. The van der Waals surface area contributed by atoms with E-state index in [1.807, 2.05) is 0 Å². The first-order valence-electron chi connectivity index (χ1n) is 6.42. The highest BCUT2D eigenvalue weighted by Gasteiger charge is 2.05. The van der Waals surface area contributed by atoms with E-state index in [1.165, 1.54) is 12.1 Å². The molecule has 114 valence electrons. The van der Waals surface area contributed by atoms with E-state index in [9.17, 15) is 9.18 Å². The summed E-state index contributed by atoms with van der Waals surface area (Å²) in [6.45, 7) is 6.00. The van der Waals surface area contributed by atoms with Crippen LogP contribution in [-0.4, -0.2) is 28.5 Å². The molecule has 0 saturated carbocycles. The quantitative estimate of drug-likeness (QED) is 0.561. The summed E-state index contributed by atoms with van der Waals surface area (Å²) in [6, 6.07) is 11.3. The lowest BCUT2D eigenvalue weighted by atomic mass is 10.2. The molecule has 2 aromatic carbocycles. The summed E-state index contributed by atoms with van der Waals surface area (Å²) in [5.74, 6) is 0.381. The van der Waals surface area contributed by atoms with Gasteiger partial charge in [-0.2, -0.15) is 0 Å². The fraction of sp³-hybridized carbons (Fsp3) is 0.0588. The fourth-order valence-corrected chi connectivity index (χ4v) is 1.85. The van der Waals surface area contributed by atoms with Crippen LogP contribution in [0.15, 0.2) is 55.6 Å². The van der Waals surface area contributed by atoms with Crippen LogP contribution in [0, 0.1) is 5.82 Å². The normalized spacial score (nSPS) is 9.23. The van der Waals surface area contributed by atoms with Gasteiger partial charge in [0.25, 0.3) is 0 Å². The van der Waals surface area contributed by atoms with E-state index in [1.54, 1.807) is 30.3 Å². The molecule has 0 aliphatic rings. The second kappa shape index (κ2) is 8.49. The highest BCUT2D eigenvalue weighted by Crippen LogP contribution is 2.21. The zero-order valence-corrected chi connectivity index (χ0v) is 12.2. The Morgan fingerprint density at radius 3 is 2.36 bits per heavy atom. The summed E-state index contributed by atoms with van der Waals surface area (Å²) >= 11 is 0. The molecule has 3 rings (SSSR count). The average Bonchev–Trinajstić information content (AvgIpc) is 3.02. The number of aromatic nitrogens is 2. The molecular formula is C17H17FN2O2. The van der Waals surface area contributed by atoms with Gasteiger partial charge in [-0.25, -0.2) is 9.37 Å². The minimum Gasteiger partial charge on any atom is -0.400 e. The van der Waals surface area contributed by atoms with Gasteiger partial charge in [-0.3, -0.25) is 4.79 Å². The molecule has 0 atom stereocenters. The molecule has 2 N–H and O–H groups in total. The van der Waals surface area contributed by atoms with Gasteiger partial charge >= 0.3 is 0 Å². The van der Waals surface area contributed by atoms with Gasteiger partial charge in [0.1, 0.15) is 17.9 Å². The fourth-order valence-electron chi connectivity index (χ4n) is 1.85. The molecule has 1 aromatic heterocycles. The largest absolute Gasteiger partial charge is 0.400 e. The second-order valence-corrected chi connectivity index (χ2v) is 3.99. The Balaban J connectivity index is 0.000000561. The first-order valence-corrected chi connectivity index (χ1v) is 6.42. The number of nitrogens with one attached hydrogen (secondary N) is 1. The molecule has 3 aromatic rings. The van der Waals surface area contributed by atoms with E-state index >= 15 is 0 Å². The minimum atomic E-state index is -0.280. The summed E-state index contributed by atoms with van der Waals surface area (Å²) in [7, 11) is 1.00. The van der Waals surface area contributed by atoms with Gasteiger partial charge in [-0.15, -0.1) is 13.2 Å². The lowest BCUT2D eigenvalue weighted by Crippen LogP contribution is -1.80. The lowest BCUT2D eigenvalue weighted by molar-refractivity contribution is 0.112. The lowest BCUT2D eigenvalue weighted by Gasteiger charge is -1.94. The number of hydrogen-bond donors (Lipinski definition) is 2. The van der Waals surface area contributed by atoms with E-state index in [0.717, 1.165) is 30.0 Å². The van der Waals surface area contributed by atoms with Gasteiger partial charge in [0.05, 0.1) is 11.0 Å². The molecule has 0 aliphatic heterocycles. The number of benzene rings is 2. The summed E-state index contributed by atoms with van der Waals surface area (Å²) in [5.41, 5.74) is 2.97. The molecule has 0 spiro atoms. The van der Waals surface area contributed by atoms with Crippen LogP contribution < -0.4 is 0 Å². The third-order valence-electron chi connectivity index (χ3n) is 2.76. The number of imidazole rings is 1. The van der Waals surface area contributed by atoms with Crippen molar-refractivity contribution in [1.29, 1.82) is 0 Å². The van der Waals surface area contributed by atoms with Crippen LogP contribution in [0.25, 0.3) is 22.4 Å². The zero-order valence-electron chi connectivity index (χ0n) is 12.2. The molecule has 22 heavy (non-hydrogen) atoms. The SMILES string of the molecule is C=C.CO.O=Cc1ccc2nc(-c3ccc(F)cc3)[nH]c2c1. The Labute approximate surface area is 128 Å². The number of H-pyrrole nitrogens is 1. The molecule has 0 fully saturated rings. The first kappa shape index (κ1) is 17.3. The summed E-state index contributed by atoms with van der Waals surface area (Å²) < 4.78 is 12.8.